The third-order valence-electron chi connectivity index (χ3n) is 5.06. The van der Waals surface area contributed by atoms with Gasteiger partial charge in [0.2, 0.25) is 0 Å². The first kappa shape index (κ1) is 17.9. The van der Waals surface area contributed by atoms with Gasteiger partial charge in [0.1, 0.15) is 11.5 Å². The Hall–Kier alpha value is -2.44. The summed E-state index contributed by atoms with van der Waals surface area (Å²) in [6.45, 7) is 8.41. The van der Waals surface area contributed by atoms with Crippen molar-refractivity contribution < 1.29 is 13.7 Å². The summed E-state index contributed by atoms with van der Waals surface area (Å²) >= 11 is 0. The lowest BCUT2D eigenvalue weighted by molar-refractivity contribution is 0.192. The van der Waals surface area contributed by atoms with Crippen molar-refractivity contribution in [2.45, 2.75) is 32.7 Å². The van der Waals surface area contributed by atoms with Gasteiger partial charge >= 0.3 is 0 Å². The lowest BCUT2D eigenvalue weighted by atomic mass is 10.1. The SMILES string of the molecule is CCN(CC)Cc1cc(-c2nc([C@H]3CCOC3)no2)c(-c2ccccc2)o1. The minimum absolute atomic E-state index is 0.213. The first-order valence-corrected chi connectivity index (χ1v) is 9.60. The van der Waals surface area contributed by atoms with E-state index >= 15 is 0 Å². The summed E-state index contributed by atoms with van der Waals surface area (Å²) < 4.78 is 17.3. The molecule has 2 aromatic heterocycles. The molecule has 3 aromatic rings. The van der Waals surface area contributed by atoms with E-state index in [0.29, 0.717) is 18.3 Å². The number of hydrogen-bond donors (Lipinski definition) is 0. The summed E-state index contributed by atoms with van der Waals surface area (Å²) in [6, 6.07) is 12.1. The van der Waals surface area contributed by atoms with Gasteiger partial charge in [0.15, 0.2) is 5.82 Å². The minimum atomic E-state index is 0.213. The Morgan fingerprint density at radius 1 is 1.15 bits per heavy atom. The molecule has 0 amide bonds. The fourth-order valence-corrected chi connectivity index (χ4v) is 3.40. The number of rotatable bonds is 7. The third kappa shape index (κ3) is 3.82. The Kier molecular flexibility index (Phi) is 5.36. The van der Waals surface area contributed by atoms with Gasteiger partial charge in [-0.05, 0) is 25.6 Å². The highest BCUT2D eigenvalue weighted by Gasteiger charge is 2.26. The van der Waals surface area contributed by atoms with E-state index in [-0.39, 0.29) is 5.92 Å². The van der Waals surface area contributed by atoms with Crippen molar-refractivity contribution in [3.05, 3.63) is 48.0 Å². The molecule has 1 atom stereocenters. The predicted octanol–water partition coefficient (Wildman–Crippen LogP) is 4.34. The molecule has 0 radical (unpaired) electrons. The van der Waals surface area contributed by atoms with Gasteiger partial charge in [-0.25, -0.2) is 0 Å². The highest BCUT2D eigenvalue weighted by Crippen LogP contribution is 2.35. The second kappa shape index (κ2) is 8.06. The summed E-state index contributed by atoms with van der Waals surface area (Å²) in [7, 11) is 0. The van der Waals surface area contributed by atoms with Gasteiger partial charge < -0.3 is 13.7 Å². The smallest absolute Gasteiger partial charge is 0.261 e. The van der Waals surface area contributed by atoms with Crippen molar-refractivity contribution in [3.8, 4) is 22.8 Å². The number of nitrogens with zero attached hydrogens (tertiary/aromatic N) is 3. The van der Waals surface area contributed by atoms with E-state index in [1.165, 1.54) is 0 Å². The molecule has 6 nitrogen and oxygen atoms in total. The maximum absolute atomic E-state index is 6.23. The van der Waals surface area contributed by atoms with Crippen LogP contribution < -0.4 is 0 Å². The zero-order valence-corrected chi connectivity index (χ0v) is 15.9. The molecule has 0 aliphatic carbocycles. The van der Waals surface area contributed by atoms with Crippen LogP contribution >= 0.6 is 0 Å². The summed E-state index contributed by atoms with van der Waals surface area (Å²) in [5.74, 6) is 3.11. The van der Waals surface area contributed by atoms with Crippen LogP contribution in [0.3, 0.4) is 0 Å². The molecule has 0 saturated carbocycles. The number of aromatic nitrogens is 2. The zero-order chi connectivity index (χ0) is 18.6. The second-order valence-electron chi connectivity index (χ2n) is 6.80. The average Bonchev–Trinajstić information content (AvgIpc) is 3.46. The van der Waals surface area contributed by atoms with E-state index in [4.69, 9.17) is 13.7 Å². The minimum Gasteiger partial charge on any atom is -0.459 e. The molecule has 0 unspecified atom stereocenters. The Balaban J connectivity index is 1.70. The molecular weight excluding hydrogens is 342 g/mol. The predicted molar refractivity (Wildman–Crippen MR) is 102 cm³/mol. The molecule has 1 saturated heterocycles. The Labute approximate surface area is 159 Å². The van der Waals surface area contributed by atoms with Crippen LogP contribution in [0.2, 0.25) is 0 Å². The Morgan fingerprint density at radius 3 is 2.67 bits per heavy atom. The number of ether oxygens (including phenoxy) is 1. The van der Waals surface area contributed by atoms with Crippen LogP contribution in [0, 0.1) is 0 Å². The highest BCUT2D eigenvalue weighted by molar-refractivity contribution is 5.76. The lowest BCUT2D eigenvalue weighted by Crippen LogP contribution is -2.21. The molecule has 1 aliphatic rings. The molecule has 1 aliphatic heterocycles. The van der Waals surface area contributed by atoms with Crippen molar-refractivity contribution in [2.75, 3.05) is 26.3 Å². The molecule has 3 heterocycles. The van der Waals surface area contributed by atoms with Crippen molar-refractivity contribution in [3.63, 3.8) is 0 Å². The molecule has 1 aromatic carbocycles. The molecule has 4 rings (SSSR count). The maximum atomic E-state index is 6.23. The summed E-state index contributed by atoms with van der Waals surface area (Å²) in [4.78, 5) is 6.96. The lowest BCUT2D eigenvalue weighted by Gasteiger charge is -2.15. The van der Waals surface area contributed by atoms with E-state index in [0.717, 1.165) is 55.3 Å². The highest BCUT2D eigenvalue weighted by atomic mass is 16.5. The topological polar surface area (TPSA) is 64.5 Å². The Morgan fingerprint density at radius 2 is 1.96 bits per heavy atom. The van der Waals surface area contributed by atoms with Gasteiger partial charge in [-0.1, -0.05) is 49.3 Å². The standard InChI is InChI=1S/C21H25N3O3/c1-3-24(4-2)13-17-12-18(19(26-17)15-8-6-5-7-9-15)21-22-20(23-27-21)16-10-11-25-14-16/h5-9,12,16H,3-4,10-11,13-14H2,1-2H3/t16-/m0/s1. The summed E-state index contributed by atoms with van der Waals surface area (Å²) in [6.07, 6.45) is 0.934. The third-order valence-corrected chi connectivity index (χ3v) is 5.06. The summed E-state index contributed by atoms with van der Waals surface area (Å²) in [5.41, 5.74) is 1.85. The number of hydrogen-bond acceptors (Lipinski definition) is 6. The fourth-order valence-electron chi connectivity index (χ4n) is 3.40. The second-order valence-corrected chi connectivity index (χ2v) is 6.80. The van der Waals surface area contributed by atoms with Crippen LogP contribution in [0.5, 0.6) is 0 Å². The normalized spacial score (nSPS) is 17.1. The first-order valence-electron chi connectivity index (χ1n) is 9.60. The molecular formula is C21H25N3O3. The molecule has 142 valence electrons. The van der Waals surface area contributed by atoms with Crippen molar-refractivity contribution >= 4 is 0 Å². The van der Waals surface area contributed by atoms with Crippen LogP contribution in [0.15, 0.2) is 45.3 Å². The van der Waals surface area contributed by atoms with Gasteiger partial charge in [-0.15, -0.1) is 0 Å². The van der Waals surface area contributed by atoms with Crippen molar-refractivity contribution in [1.29, 1.82) is 0 Å². The fraction of sp³-hybridized carbons (Fsp3) is 0.429. The van der Waals surface area contributed by atoms with E-state index in [1.54, 1.807) is 0 Å². The largest absolute Gasteiger partial charge is 0.459 e. The Bertz CT molecular complexity index is 862. The molecule has 6 heteroatoms. The average molecular weight is 367 g/mol. The van der Waals surface area contributed by atoms with Crippen LogP contribution in [0.4, 0.5) is 0 Å². The zero-order valence-electron chi connectivity index (χ0n) is 15.9. The maximum Gasteiger partial charge on any atom is 0.261 e. The van der Waals surface area contributed by atoms with E-state index in [9.17, 15) is 0 Å². The van der Waals surface area contributed by atoms with E-state index in [2.05, 4.69) is 28.9 Å². The van der Waals surface area contributed by atoms with Gasteiger partial charge in [0.25, 0.3) is 5.89 Å². The molecule has 1 fully saturated rings. The van der Waals surface area contributed by atoms with Gasteiger partial charge in [-0.2, -0.15) is 4.98 Å². The number of furan rings is 1. The van der Waals surface area contributed by atoms with Crippen LogP contribution in [-0.4, -0.2) is 41.3 Å². The summed E-state index contributed by atoms with van der Waals surface area (Å²) in [5, 5.41) is 4.19. The molecule has 27 heavy (non-hydrogen) atoms. The first-order chi connectivity index (χ1) is 13.3. The molecule has 0 bridgehead atoms. The van der Waals surface area contributed by atoms with Crippen LogP contribution in [0.1, 0.15) is 37.8 Å². The molecule has 0 N–H and O–H groups in total. The van der Waals surface area contributed by atoms with Gasteiger partial charge in [-0.3, -0.25) is 4.90 Å². The van der Waals surface area contributed by atoms with Crippen molar-refractivity contribution in [2.24, 2.45) is 0 Å². The van der Waals surface area contributed by atoms with Gasteiger partial charge in [0.05, 0.1) is 18.7 Å². The van der Waals surface area contributed by atoms with E-state index in [1.807, 2.05) is 36.4 Å². The van der Waals surface area contributed by atoms with Crippen LogP contribution in [-0.2, 0) is 11.3 Å². The monoisotopic (exact) mass is 367 g/mol. The molecule has 0 spiro atoms. The number of benzene rings is 1. The van der Waals surface area contributed by atoms with Gasteiger partial charge in [0, 0.05) is 18.1 Å². The van der Waals surface area contributed by atoms with Crippen LogP contribution in [0.25, 0.3) is 22.8 Å². The quantitative estimate of drug-likeness (QED) is 0.619. The van der Waals surface area contributed by atoms with Crippen molar-refractivity contribution in [1.82, 2.24) is 15.0 Å². The van der Waals surface area contributed by atoms with E-state index < -0.39 is 0 Å².